The van der Waals surface area contributed by atoms with Crippen molar-refractivity contribution in [2.75, 3.05) is 0 Å². The zero-order valence-corrected chi connectivity index (χ0v) is 10.6. The molecule has 0 radical (unpaired) electrons. The van der Waals surface area contributed by atoms with Gasteiger partial charge in [0, 0.05) is 5.92 Å². The fourth-order valence-corrected chi connectivity index (χ4v) is 1.62. The molecule has 0 spiro atoms. The molecule has 0 aromatic rings. The lowest BCUT2D eigenvalue weighted by Crippen LogP contribution is -1.98. The molecule has 0 atom stereocenters. The Morgan fingerprint density at radius 1 is 1.06 bits per heavy atom. The van der Waals surface area contributed by atoms with E-state index in [1.54, 1.807) is 5.92 Å². The Morgan fingerprint density at radius 3 is 2.31 bits per heavy atom. The molecule has 0 saturated heterocycles. The second-order valence-electron chi connectivity index (χ2n) is 4.09. The lowest BCUT2D eigenvalue weighted by Gasteiger charge is -2.15. The molecule has 0 amide bonds. The van der Waals surface area contributed by atoms with Crippen molar-refractivity contribution in [1.29, 1.82) is 0 Å². The first-order valence-electron chi connectivity index (χ1n) is 6.33. The summed E-state index contributed by atoms with van der Waals surface area (Å²) in [6, 6.07) is 0. The van der Waals surface area contributed by atoms with Gasteiger partial charge in [0.2, 0.25) is 0 Å². The fourth-order valence-electron chi connectivity index (χ4n) is 1.62. The number of hydrogen-bond donors (Lipinski definition) is 0. The van der Waals surface area contributed by atoms with Crippen LogP contribution >= 0.6 is 0 Å². The van der Waals surface area contributed by atoms with Crippen LogP contribution in [0.15, 0.2) is 25.3 Å². The van der Waals surface area contributed by atoms with E-state index in [0.717, 1.165) is 38.5 Å². The van der Waals surface area contributed by atoms with Crippen molar-refractivity contribution in [3.63, 3.8) is 0 Å². The minimum absolute atomic E-state index is 1.00. The Balaban J connectivity index is 3.50. The average molecular weight is 218 g/mol. The maximum atomic E-state index is 3.85. The molecule has 0 heterocycles. The van der Waals surface area contributed by atoms with Gasteiger partial charge in [-0.05, 0) is 25.3 Å². The first-order valence-corrected chi connectivity index (χ1v) is 6.33. The Bertz CT molecular complexity index is 157. The van der Waals surface area contributed by atoms with Gasteiger partial charge < -0.3 is 0 Å². The lowest BCUT2D eigenvalue weighted by atomic mass is 9.92. The van der Waals surface area contributed by atoms with Crippen LogP contribution in [0, 0.1) is 25.7 Å². The van der Waals surface area contributed by atoms with Crippen molar-refractivity contribution in [3.05, 3.63) is 51.0 Å². The monoisotopic (exact) mass is 218 g/mol. The van der Waals surface area contributed by atoms with E-state index in [1.807, 2.05) is 12.2 Å². The molecule has 0 unspecified atom stereocenters. The molecular weight excluding hydrogens is 192 g/mol. The van der Waals surface area contributed by atoms with Crippen molar-refractivity contribution < 1.29 is 0 Å². The summed E-state index contributed by atoms with van der Waals surface area (Å²) in [4.78, 5) is 0. The average Bonchev–Trinajstić information content (AvgIpc) is 2.29. The second kappa shape index (κ2) is 12.3. The standard InChI is InChI=1S/C16H26/c1-4-7-9-10-12-15-16(13-6-3)14-11-8-5-2/h4,6,11-12H,1-3,5,7-10,13-15H2. The van der Waals surface area contributed by atoms with Gasteiger partial charge in [-0.25, -0.2) is 0 Å². The SMILES string of the molecule is C=CCCC[CH-]C[C+](CC=C)C[CH-]CC[CH2+]. The van der Waals surface area contributed by atoms with Gasteiger partial charge in [0.1, 0.15) is 6.42 Å². The summed E-state index contributed by atoms with van der Waals surface area (Å²) < 4.78 is 0. The van der Waals surface area contributed by atoms with Crippen LogP contribution in [0.3, 0.4) is 0 Å². The van der Waals surface area contributed by atoms with E-state index < -0.39 is 0 Å². The van der Waals surface area contributed by atoms with Gasteiger partial charge in [0.25, 0.3) is 0 Å². The van der Waals surface area contributed by atoms with Crippen LogP contribution in [0.25, 0.3) is 0 Å². The van der Waals surface area contributed by atoms with Crippen LogP contribution in [0.1, 0.15) is 51.4 Å². The molecule has 0 nitrogen and oxygen atoms in total. The number of allylic oxidation sites excluding steroid dienone is 2. The smallest absolute Gasteiger partial charge is 0.102 e. The van der Waals surface area contributed by atoms with Crippen LogP contribution < -0.4 is 0 Å². The van der Waals surface area contributed by atoms with Crippen LogP contribution in [0.2, 0.25) is 0 Å². The van der Waals surface area contributed by atoms with E-state index in [9.17, 15) is 0 Å². The molecule has 0 aromatic heterocycles. The maximum absolute atomic E-state index is 3.85. The number of rotatable bonds is 12. The predicted octanol–water partition coefficient (Wildman–Crippen LogP) is 5.30. The van der Waals surface area contributed by atoms with E-state index in [2.05, 4.69) is 32.9 Å². The third-order valence-electron chi connectivity index (χ3n) is 2.52. The van der Waals surface area contributed by atoms with Crippen LogP contribution in [-0.2, 0) is 0 Å². The summed E-state index contributed by atoms with van der Waals surface area (Å²) in [6.45, 7) is 11.4. The van der Waals surface area contributed by atoms with Gasteiger partial charge >= 0.3 is 0 Å². The maximum Gasteiger partial charge on any atom is 0.102 e. The van der Waals surface area contributed by atoms with Crippen LogP contribution in [0.4, 0.5) is 0 Å². The molecule has 0 aliphatic heterocycles. The van der Waals surface area contributed by atoms with Gasteiger partial charge in [-0.3, -0.25) is 12.8 Å². The molecule has 16 heavy (non-hydrogen) atoms. The molecule has 0 aliphatic rings. The minimum Gasteiger partial charge on any atom is -0.285 e. The predicted molar refractivity (Wildman–Crippen MR) is 74.5 cm³/mol. The van der Waals surface area contributed by atoms with Crippen LogP contribution in [0.5, 0.6) is 0 Å². The first-order chi connectivity index (χ1) is 7.85. The highest BCUT2D eigenvalue weighted by molar-refractivity contribution is 5.02. The van der Waals surface area contributed by atoms with E-state index >= 15 is 0 Å². The first kappa shape index (κ1) is 15.2. The van der Waals surface area contributed by atoms with Crippen molar-refractivity contribution in [2.24, 2.45) is 0 Å². The zero-order valence-electron chi connectivity index (χ0n) is 10.6. The highest BCUT2D eigenvalue weighted by atomic mass is 14.1. The van der Waals surface area contributed by atoms with E-state index in [4.69, 9.17) is 0 Å². The number of hydrogen-bond acceptors (Lipinski definition) is 0. The molecule has 0 saturated carbocycles. The summed E-state index contributed by atoms with van der Waals surface area (Å²) >= 11 is 0. The van der Waals surface area contributed by atoms with E-state index in [0.29, 0.717) is 0 Å². The van der Waals surface area contributed by atoms with Gasteiger partial charge in [-0.2, -0.15) is 6.42 Å². The molecule has 0 N–H and O–H groups in total. The normalized spacial score (nSPS) is 10.0. The molecule has 0 fully saturated rings. The highest BCUT2D eigenvalue weighted by Crippen LogP contribution is 2.22. The van der Waals surface area contributed by atoms with E-state index in [-0.39, 0.29) is 0 Å². The number of unbranched alkanes of at least 4 members (excludes halogenated alkanes) is 5. The summed E-state index contributed by atoms with van der Waals surface area (Å²) in [7, 11) is 0. The third-order valence-corrected chi connectivity index (χ3v) is 2.52. The van der Waals surface area contributed by atoms with Gasteiger partial charge in [-0.15, -0.1) is 13.0 Å². The molecule has 0 rings (SSSR count). The van der Waals surface area contributed by atoms with Crippen LogP contribution in [-0.4, -0.2) is 0 Å². The van der Waals surface area contributed by atoms with Crippen molar-refractivity contribution in [1.82, 2.24) is 0 Å². The molecule has 90 valence electrons. The van der Waals surface area contributed by atoms with Gasteiger partial charge in [0.05, 0.1) is 13.3 Å². The quantitative estimate of drug-likeness (QED) is 0.237. The summed E-state index contributed by atoms with van der Waals surface area (Å²) in [5.41, 5.74) is 0. The van der Waals surface area contributed by atoms with Crippen molar-refractivity contribution >= 4 is 0 Å². The second-order valence-corrected chi connectivity index (χ2v) is 4.09. The summed E-state index contributed by atoms with van der Waals surface area (Å²) in [5, 5.41) is 0. The Hall–Kier alpha value is -0.780. The Morgan fingerprint density at radius 2 is 1.75 bits per heavy atom. The Labute approximate surface area is 103 Å². The Kier molecular flexibility index (Phi) is 11.7. The van der Waals surface area contributed by atoms with Crippen molar-refractivity contribution in [2.45, 2.75) is 51.4 Å². The molecule has 0 aliphatic carbocycles. The lowest BCUT2D eigenvalue weighted by molar-refractivity contribution is 0.717. The highest BCUT2D eigenvalue weighted by Gasteiger charge is 2.07. The molecule has 0 heteroatoms. The zero-order chi connectivity index (χ0) is 12.1. The van der Waals surface area contributed by atoms with Gasteiger partial charge in [-0.1, -0.05) is 19.1 Å². The molecule has 0 aromatic carbocycles. The third kappa shape index (κ3) is 9.76. The minimum atomic E-state index is 1.00. The molecular formula is C16H26. The van der Waals surface area contributed by atoms with Gasteiger partial charge in [0.15, 0.2) is 0 Å². The topological polar surface area (TPSA) is 0 Å². The summed E-state index contributed by atoms with van der Waals surface area (Å²) in [5.74, 6) is 1.57. The largest absolute Gasteiger partial charge is 0.285 e. The fraction of sp³-hybridized carbons (Fsp3) is 0.500. The van der Waals surface area contributed by atoms with E-state index in [1.165, 1.54) is 12.8 Å². The molecule has 0 bridgehead atoms. The van der Waals surface area contributed by atoms with Crippen molar-refractivity contribution in [3.8, 4) is 0 Å². The summed E-state index contributed by atoms with van der Waals surface area (Å²) in [6.07, 6.45) is 17.7.